The third-order valence-corrected chi connectivity index (χ3v) is 4.97. The van der Waals surface area contributed by atoms with Crippen LogP contribution in [0.5, 0.6) is 5.75 Å². The van der Waals surface area contributed by atoms with E-state index in [0.717, 1.165) is 5.56 Å². The Kier molecular flexibility index (Phi) is 6.18. The summed E-state index contributed by atoms with van der Waals surface area (Å²) in [6.45, 7) is 2.67. The highest BCUT2D eigenvalue weighted by atomic mass is 35.5. The molecule has 2 heterocycles. The summed E-state index contributed by atoms with van der Waals surface area (Å²) in [5.41, 5.74) is 0.943. The van der Waals surface area contributed by atoms with E-state index in [0.29, 0.717) is 48.4 Å². The normalized spacial score (nSPS) is 19.3. The maximum atomic E-state index is 12.7. The Morgan fingerprint density at radius 1 is 1.44 bits per heavy atom. The predicted octanol–water partition coefficient (Wildman–Crippen LogP) is 2.75. The standard InChI is InChI=1S/C18H23ClN4O4/c1-11-21-17(27-22-11)16-9-14(26-3)10-23(16)18(24)20-7-6-12-4-5-13(25-2)8-15(12)19/h4-5,8,14,16H,6-7,9-10H2,1-3H3,(H,20,24)/t14-,16+/m0/s1. The number of likely N-dealkylation sites (tertiary alicyclic amines) is 1. The molecule has 1 aromatic heterocycles. The first-order valence-corrected chi connectivity index (χ1v) is 9.09. The minimum Gasteiger partial charge on any atom is -0.497 e. The van der Waals surface area contributed by atoms with Crippen molar-refractivity contribution in [1.82, 2.24) is 20.4 Å². The molecule has 27 heavy (non-hydrogen) atoms. The Hall–Kier alpha value is -2.32. The molecule has 1 fully saturated rings. The smallest absolute Gasteiger partial charge is 0.318 e. The third-order valence-electron chi connectivity index (χ3n) is 4.62. The maximum Gasteiger partial charge on any atom is 0.318 e. The van der Waals surface area contributed by atoms with Crippen LogP contribution < -0.4 is 10.1 Å². The molecule has 1 aromatic carbocycles. The number of amides is 2. The lowest BCUT2D eigenvalue weighted by atomic mass is 10.1. The second kappa shape index (κ2) is 8.58. The van der Waals surface area contributed by atoms with Crippen LogP contribution in [0.2, 0.25) is 5.02 Å². The van der Waals surface area contributed by atoms with E-state index in [1.54, 1.807) is 32.1 Å². The Morgan fingerprint density at radius 2 is 2.26 bits per heavy atom. The largest absolute Gasteiger partial charge is 0.497 e. The minimum atomic E-state index is -0.291. The van der Waals surface area contributed by atoms with Gasteiger partial charge in [0, 0.05) is 31.6 Å². The number of carbonyl (C=O) groups excluding carboxylic acids is 1. The number of ether oxygens (including phenoxy) is 2. The van der Waals surface area contributed by atoms with Crippen molar-refractivity contribution in [3.05, 3.63) is 40.5 Å². The molecule has 0 unspecified atom stereocenters. The number of benzene rings is 1. The molecule has 0 spiro atoms. The van der Waals surface area contributed by atoms with Gasteiger partial charge in [0.1, 0.15) is 11.8 Å². The quantitative estimate of drug-likeness (QED) is 0.810. The Balaban J connectivity index is 1.60. The fourth-order valence-electron chi connectivity index (χ4n) is 3.14. The predicted molar refractivity (Wildman–Crippen MR) is 99.0 cm³/mol. The van der Waals surface area contributed by atoms with Gasteiger partial charge in [-0.3, -0.25) is 0 Å². The fraction of sp³-hybridized carbons (Fsp3) is 0.500. The molecule has 8 nitrogen and oxygen atoms in total. The van der Waals surface area contributed by atoms with Crippen molar-refractivity contribution in [3.63, 3.8) is 0 Å². The molecule has 0 aliphatic carbocycles. The molecule has 146 valence electrons. The highest BCUT2D eigenvalue weighted by Crippen LogP contribution is 2.32. The van der Waals surface area contributed by atoms with Gasteiger partial charge in [-0.05, 0) is 31.0 Å². The molecule has 1 N–H and O–H groups in total. The number of hydrogen-bond donors (Lipinski definition) is 1. The zero-order valence-electron chi connectivity index (χ0n) is 15.6. The van der Waals surface area contributed by atoms with Gasteiger partial charge in [-0.25, -0.2) is 4.79 Å². The lowest BCUT2D eigenvalue weighted by Crippen LogP contribution is -2.41. The number of hydrogen-bond acceptors (Lipinski definition) is 6. The summed E-state index contributed by atoms with van der Waals surface area (Å²) in [4.78, 5) is 18.6. The summed E-state index contributed by atoms with van der Waals surface area (Å²) in [6, 6.07) is 5.02. The van der Waals surface area contributed by atoms with Crippen molar-refractivity contribution in [2.45, 2.75) is 31.9 Å². The number of halogens is 1. The Labute approximate surface area is 162 Å². The van der Waals surface area contributed by atoms with E-state index in [9.17, 15) is 4.79 Å². The first-order valence-electron chi connectivity index (χ1n) is 8.71. The van der Waals surface area contributed by atoms with Gasteiger partial charge in [0.05, 0.1) is 13.2 Å². The van der Waals surface area contributed by atoms with Gasteiger partial charge in [0.2, 0.25) is 5.89 Å². The molecule has 1 aliphatic heterocycles. The summed E-state index contributed by atoms with van der Waals surface area (Å²) in [5, 5.41) is 7.37. The van der Waals surface area contributed by atoms with Crippen LogP contribution in [0.1, 0.15) is 29.7 Å². The molecule has 2 amide bonds. The lowest BCUT2D eigenvalue weighted by molar-refractivity contribution is 0.110. The molecule has 2 atom stereocenters. The van der Waals surface area contributed by atoms with Crippen LogP contribution in [-0.2, 0) is 11.2 Å². The number of carbonyl (C=O) groups is 1. The molecular weight excluding hydrogens is 372 g/mol. The van der Waals surface area contributed by atoms with E-state index in [-0.39, 0.29) is 18.2 Å². The SMILES string of the molecule is COc1ccc(CCNC(=O)N2C[C@@H](OC)C[C@@H]2c2nc(C)no2)c(Cl)c1. The van der Waals surface area contributed by atoms with Crippen LogP contribution in [0.15, 0.2) is 22.7 Å². The van der Waals surface area contributed by atoms with E-state index in [1.165, 1.54) is 0 Å². The van der Waals surface area contributed by atoms with Gasteiger partial charge in [-0.1, -0.05) is 22.8 Å². The topological polar surface area (TPSA) is 89.7 Å². The van der Waals surface area contributed by atoms with Crippen LogP contribution >= 0.6 is 11.6 Å². The van der Waals surface area contributed by atoms with E-state index in [1.807, 2.05) is 12.1 Å². The van der Waals surface area contributed by atoms with Crippen LogP contribution in [0.25, 0.3) is 0 Å². The second-order valence-corrected chi connectivity index (χ2v) is 6.79. The zero-order chi connectivity index (χ0) is 19.4. The van der Waals surface area contributed by atoms with E-state index >= 15 is 0 Å². The molecule has 0 bridgehead atoms. The van der Waals surface area contributed by atoms with Gasteiger partial charge < -0.3 is 24.2 Å². The summed E-state index contributed by atoms with van der Waals surface area (Å²) in [6.07, 6.45) is 1.17. The van der Waals surface area contributed by atoms with Gasteiger partial charge in [0.25, 0.3) is 0 Å². The highest BCUT2D eigenvalue weighted by molar-refractivity contribution is 6.31. The van der Waals surface area contributed by atoms with Crippen molar-refractivity contribution >= 4 is 17.6 Å². The molecule has 3 rings (SSSR count). The molecule has 9 heteroatoms. The van der Waals surface area contributed by atoms with Crippen molar-refractivity contribution in [2.24, 2.45) is 0 Å². The summed E-state index contributed by atoms with van der Waals surface area (Å²) in [5.74, 6) is 1.67. The van der Waals surface area contributed by atoms with Gasteiger partial charge in [0.15, 0.2) is 5.82 Å². The van der Waals surface area contributed by atoms with Crippen LogP contribution in [-0.4, -0.2) is 54.5 Å². The number of nitrogens with one attached hydrogen (secondary N) is 1. The summed E-state index contributed by atoms with van der Waals surface area (Å²) >= 11 is 6.25. The van der Waals surface area contributed by atoms with Gasteiger partial charge >= 0.3 is 6.03 Å². The minimum absolute atomic E-state index is 0.0658. The molecule has 0 radical (unpaired) electrons. The average Bonchev–Trinajstić information content (AvgIpc) is 3.28. The number of methoxy groups -OCH3 is 2. The molecule has 0 saturated carbocycles. The first kappa shape index (κ1) is 19.4. The van der Waals surface area contributed by atoms with E-state index in [2.05, 4.69) is 15.5 Å². The third kappa shape index (κ3) is 4.51. The number of rotatable bonds is 6. The fourth-order valence-corrected chi connectivity index (χ4v) is 3.40. The maximum absolute atomic E-state index is 12.7. The zero-order valence-corrected chi connectivity index (χ0v) is 16.3. The van der Waals surface area contributed by atoms with Gasteiger partial charge in [-0.2, -0.15) is 4.98 Å². The molecular formula is C18H23ClN4O4. The number of nitrogens with zero attached hydrogens (tertiary/aromatic N) is 3. The van der Waals surface area contributed by atoms with E-state index < -0.39 is 0 Å². The van der Waals surface area contributed by atoms with Crippen molar-refractivity contribution in [1.29, 1.82) is 0 Å². The number of urea groups is 1. The average molecular weight is 395 g/mol. The second-order valence-electron chi connectivity index (χ2n) is 6.38. The van der Waals surface area contributed by atoms with E-state index in [4.69, 9.17) is 25.6 Å². The summed E-state index contributed by atoms with van der Waals surface area (Å²) < 4.78 is 15.8. The van der Waals surface area contributed by atoms with Gasteiger partial charge in [-0.15, -0.1) is 0 Å². The van der Waals surface area contributed by atoms with Crippen molar-refractivity contribution in [3.8, 4) is 5.75 Å². The molecule has 1 aliphatic rings. The number of aryl methyl sites for hydroxylation is 1. The van der Waals surface area contributed by atoms with Crippen LogP contribution in [0.4, 0.5) is 4.79 Å². The summed E-state index contributed by atoms with van der Waals surface area (Å²) in [7, 11) is 3.23. The number of aromatic nitrogens is 2. The van der Waals surface area contributed by atoms with Crippen molar-refractivity contribution < 1.29 is 18.8 Å². The Bertz CT molecular complexity index is 797. The highest BCUT2D eigenvalue weighted by Gasteiger charge is 2.39. The molecule has 2 aromatic rings. The van der Waals surface area contributed by atoms with Crippen molar-refractivity contribution in [2.75, 3.05) is 27.3 Å². The lowest BCUT2D eigenvalue weighted by Gasteiger charge is -2.22. The van der Waals surface area contributed by atoms with Crippen LogP contribution in [0, 0.1) is 6.92 Å². The van der Waals surface area contributed by atoms with Crippen LogP contribution in [0.3, 0.4) is 0 Å². The first-order chi connectivity index (χ1) is 13.0. The Morgan fingerprint density at radius 3 is 2.89 bits per heavy atom. The monoisotopic (exact) mass is 394 g/mol. The molecule has 1 saturated heterocycles.